The minimum Gasteiger partial charge on any atom is -0.346 e. The Morgan fingerprint density at radius 2 is 1.79 bits per heavy atom. The lowest BCUT2D eigenvalue weighted by atomic mass is 10.0. The van der Waals surface area contributed by atoms with E-state index >= 15 is 0 Å². The number of alkyl halides is 3. The molecule has 0 fully saturated rings. The van der Waals surface area contributed by atoms with E-state index in [1.54, 1.807) is 37.5 Å². The molecule has 0 saturated carbocycles. The predicted octanol–water partition coefficient (Wildman–Crippen LogP) is 5.57. The van der Waals surface area contributed by atoms with Crippen molar-refractivity contribution in [1.82, 2.24) is 10.3 Å². The van der Waals surface area contributed by atoms with Gasteiger partial charge in [-0.15, -0.1) is 0 Å². The molecule has 6 heteroatoms. The van der Waals surface area contributed by atoms with Crippen molar-refractivity contribution in [2.45, 2.75) is 26.1 Å². The number of benzene rings is 2. The molecule has 3 rings (SSSR count). The van der Waals surface area contributed by atoms with Crippen molar-refractivity contribution in [3.05, 3.63) is 89.2 Å². The van der Waals surface area contributed by atoms with Gasteiger partial charge in [-0.2, -0.15) is 13.2 Å². The highest BCUT2D eigenvalue weighted by Crippen LogP contribution is 2.30. The second-order valence-electron chi connectivity index (χ2n) is 6.59. The zero-order valence-corrected chi connectivity index (χ0v) is 15.4. The van der Waals surface area contributed by atoms with E-state index in [1.807, 2.05) is 25.1 Å². The van der Waals surface area contributed by atoms with Crippen molar-refractivity contribution in [1.29, 1.82) is 0 Å². The number of carbonyl (C=O) groups is 1. The minimum atomic E-state index is -4.42. The topological polar surface area (TPSA) is 42.0 Å². The van der Waals surface area contributed by atoms with Crippen LogP contribution < -0.4 is 5.32 Å². The summed E-state index contributed by atoms with van der Waals surface area (Å²) in [5.74, 6) is -0.345. The molecule has 0 aliphatic rings. The smallest absolute Gasteiger partial charge is 0.346 e. The molecule has 0 aliphatic heterocycles. The molecule has 1 aromatic heterocycles. The summed E-state index contributed by atoms with van der Waals surface area (Å²) in [6, 6.07) is 13.4. The lowest BCUT2D eigenvalue weighted by Crippen LogP contribution is -2.26. The van der Waals surface area contributed by atoms with Crippen molar-refractivity contribution in [3.8, 4) is 11.1 Å². The fraction of sp³-hybridized carbons (Fsp3) is 0.182. The number of rotatable bonds is 4. The molecule has 1 N–H and O–H groups in total. The summed E-state index contributed by atoms with van der Waals surface area (Å²) in [5, 5.41) is 2.75. The summed E-state index contributed by atoms with van der Waals surface area (Å²) in [4.78, 5) is 16.5. The normalized spacial score (nSPS) is 12.5. The number of hydrogen-bond acceptors (Lipinski definition) is 2. The molecular weight excluding hydrogens is 365 g/mol. The number of aryl methyl sites for hydroxylation is 1. The molecule has 0 aliphatic carbocycles. The third-order valence-corrected chi connectivity index (χ3v) is 4.54. The van der Waals surface area contributed by atoms with Crippen LogP contribution in [0.15, 0.2) is 67.0 Å². The SMILES string of the molecule is Cc1cnccc1-c1ccc(C(=O)N[C@H](C)c2cccc(C(F)(F)F)c2)cc1. The van der Waals surface area contributed by atoms with Crippen LogP contribution in [0.3, 0.4) is 0 Å². The number of nitrogens with zero attached hydrogens (tertiary/aromatic N) is 1. The zero-order valence-electron chi connectivity index (χ0n) is 15.4. The molecule has 0 radical (unpaired) electrons. The second-order valence-corrected chi connectivity index (χ2v) is 6.59. The number of nitrogens with one attached hydrogen (secondary N) is 1. The van der Waals surface area contributed by atoms with E-state index in [0.717, 1.165) is 28.8 Å². The van der Waals surface area contributed by atoms with Crippen LogP contribution in [0, 0.1) is 6.92 Å². The van der Waals surface area contributed by atoms with E-state index in [4.69, 9.17) is 0 Å². The first kappa shape index (κ1) is 19.6. The maximum Gasteiger partial charge on any atom is 0.416 e. The Kier molecular flexibility index (Phi) is 5.49. The average molecular weight is 384 g/mol. The molecule has 3 aromatic rings. The first-order valence-electron chi connectivity index (χ1n) is 8.75. The Bertz CT molecular complexity index is 982. The van der Waals surface area contributed by atoms with Gasteiger partial charge in [0, 0.05) is 18.0 Å². The standard InChI is InChI=1S/C22H19F3N2O/c1-14-13-26-11-10-20(14)16-6-8-17(9-7-16)21(28)27-15(2)18-4-3-5-19(12-18)22(23,24)25/h3-13,15H,1-2H3,(H,27,28)/t15-/m1/s1. The maximum absolute atomic E-state index is 12.9. The van der Waals surface area contributed by atoms with Crippen LogP contribution in [0.4, 0.5) is 13.2 Å². The summed E-state index contributed by atoms with van der Waals surface area (Å²) in [6.07, 6.45) is -0.937. The van der Waals surface area contributed by atoms with Gasteiger partial charge in [-0.25, -0.2) is 0 Å². The molecule has 144 valence electrons. The molecule has 1 heterocycles. The number of pyridine rings is 1. The lowest BCUT2D eigenvalue weighted by Gasteiger charge is -2.16. The van der Waals surface area contributed by atoms with Crippen molar-refractivity contribution in [2.24, 2.45) is 0 Å². The summed E-state index contributed by atoms with van der Waals surface area (Å²) < 4.78 is 38.6. The van der Waals surface area contributed by atoms with E-state index in [9.17, 15) is 18.0 Å². The highest BCUT2D eigenvalue weighted by atomic mass is 19.4. The molecule has 3 nitrogen and oxygen atoms in total. The predicted molar refractivity (Wildman–Crippen MR) is 102 cm³/mol. The number of hydrogen-bond donors (Lipinski definition) is 1. The molecule has 1 atom stereocenters. The number of carbonyl (C=O) groups excluding carboxylic acids is 1. The number of aromatic nitrogens is 1. The monoisotopic (exact) mass is 384 g/mol. The van der Waals surface area contributed by atoms with Gasteiger partial charge in [-0.1, -0.05) is 24.3 Å². The highest BCUT2D eigenvalue weighted by Gasteiger charge is 2.30. The van der Waals surface area contributed by atoms with E-state index < -0.39 is 17.8 Å². The molecule has 1 amide bonds. The van der Waals surface area contributed by atoms with E-state index in [1.165, 1.54) is 6.07 Å². The summed E-state index contributed by atoms with van der Waals surface area (Å²) >= 11 is 0. The minimum absolute atomic E-state index is 0.345. The first-order chi connectivity index (χ1) is 13.3. The average Bonchev–Trinajstić information content (AvgIpc) is 2.68. The molecule has 2 aromatic carbocycles. The molecule has 0 bridgehead atoms. The Balaban J connectivity index is 1.74. The number of halogens is 3. The van der Waals surface area contributed by atoms with E-state index in [-0.39, 0.29) is 5.91 Å². The fourth-order valence-electron chi connectivity index (χ4n) is 2.95. The van der Waals surface area contributed by atoms with Crippen LogP contribution >= 0.6 is 0 Å². The van der Waals surface area contributed by atoms with Gasteiger partial charge in [-0.3, -0.25) is 9.78 Å². The lowest BCUT2D eigenvalue weighted by molar-refractivity contribution is -0.137. The molecular formula is C22H19F3N2O. The first-order valence-corrected chi connectivity index (χ1v) is 8.75. The van der Waals surface area contributed by atoms with Gasteiger partial charge in [0.05, 0.1) is 11.6 Å². The van der Waals surface area contributed by atoms with Crippen LogP contribution in [0.1, 0.15) is 40.0 Å². The molecule has 0 saturated heterocycles. The van der Waals surface area contributed by atoms with Crippen LogP contribution in [0.5, 0.6) is 0 Å². The molecule has 0 unspecified atom stereocenters. The van der Waals surface area contributed by atoms with E-state index in [2.05, 4.69) is 10.3 Å². The quantitative estimate of drug-likeness (QED) is 0.639. The summed E-state index contributed by atoms with van der Waals surface area (Å²) in [5.41, 5.74) is 3.12. The third kappa shape index (κ3) is 4.39. The van der Waals surface area contributed by atoms with Gasteiger partial charge in [-0.05, 0) is 66.4 Å². The largest absolute Gasteiger partial charge is 0.416 e. The maximum atomic E-state index is 12.9. The van der Waals surface area contributed by atoms with Crippen molar-refractivity contribution < 1.29 is 18.0 Å². The van der Waals surface area contributed by atoms with Gasteiger partial charge in [0.1, 0.15) is 0 Å². The van der Waals surface area contributed by atoms with Crippen molar-refractivity contribution in [3.63, 3.8) is 0 Å². The third-order valence-electron chi connectivity index (χ3n) is 4.54. The summed E-state index contributed by atoms with van der Waals surface area (Å²) in [7, 11) is 0. The van der Waals surface area contributed by atoms with Gasteiger partial charge in [0.25, 0.3) is 5.91 Å². The van der Waals surface area contributed by atoms with Gasteiger partial charge in [0.15, 0.2) is 0 Å². The zero-order chi connectivity index (χ0) is 20.3. The van der Waals surface area contributed by atoms with Crippen molar-refractivity contribution >= 4 is 5.91 Å². The van der Waals surface area contributed by atoms with Gasteiger partial charge in [0.2, 0.25) is 0 Å². The van der Waals surface area contributed by atoms with Crippen LogP contribution in [-0.2, 0) is 6.18 Å². The Labute approximate surface area is 161 Å². The summed E-state index contributed by atoms with van der Waals surface area (Å²) in [6.45, 7) is 3.61. The Morgan fingerprint density at radius 1 is 1.07 bits per heavy atom. The number of amides is 1. The van der Waals surface area contributed by atoms with Gasteiger partial charge < -0.3 is 5.32 Å². The Hall–Kier alpha value is -3.15. The molecule has 28 heavy (non-hydrogen) atoms. The highest BCUT2D eigenvalue weighted by molar-refractivity contribution is 5.95. The fourth-order valence-corrected chi connectivity index (χ4v) is 2.95. The van der Waals surface area contributed by atoms with Crippen LogP contribution in [-0.4, -0.2) is 10.9 Å². The van der Waals surface area contributed by atoms with Crippen LogP contribution in [0.2, 0.25) is 0 Å². The Morgan fingerprint density at radius 3 is 2.43 bits per heavy atom. The molecule has 0 spiro atoms. The van der Waals surface area contributed by atoms with E-state index in [0.29, 0.717) is 11.1 Å². The second kappa shape index (κ2) is 7.84. The van der Waals surface area contributed by atoms with Gasteiger partial charge >= 0.3 is 6.18 Å². The van der Waals surface area contributed by atoms with Crippen LogP contribution in [0.25, 0.3) is 11.1 Å². The van der Waals surface area contributed by atoms with Crippen molar-refractivity contribution in [2.75, 3.05) is 0 Å².